The van der Waals surface area contributed by atoms with Crippen molar-refractivity contribution in [1.82, 2.24) is 15.2 Å². The number of ether oxygens (including phenoxy) is 1. The van der Waals surface area contributed by atoms with Crippen LogP contribution in [0.15, 0.2) is 47.6 Å². The lowest BCUT2D eigenvalue weighted by Crippen LogP contribution is -2.22. The summed E-state index contributed by atoms with van der Waals surface area (Å²) in [5.74, 6) is 0.923. The van der Waals surface area contributed by atoms with Crippen LogP contribution in [0.5, 0.6) is 5.75 Å². The van der Waals surface area contributed by atoms with Crippen molar-refractivity contribution in [2.45, 2.75) is 17.3 Å². The largest absolute Gasteiger partial charge is 0.496 e. The van der Waals surface area contributed by atoms with E-state index >= 15 is 0 Å². The van der Waals surface area contributed by atoms with Gasteiger partial charge in [-0.2, -0.15) is 5.26 Å². The van der Waals surface area contributed by atoms with Gasteiger partial charge in [0.25, 0.3) is 0 Å². The fourth-order valence-corrected chi connectivity index (χ4v) is 3.27. The Kier molecular flexibility index (Phi) is 6.19. The second kappa shape index (κ2) is 8.78. The molecule has 0 fully saturated rings. The number of methoxy groups -OCH3 is 1. The zero-order chi connectivity index (χ0) is 20.1. The lowest BCUT2D eigenvalue weighted by atomic mass is 10.2. The number of nitrogens with zero attached hydrogens (tertiary/aromatic N) is 3. The molecule has 1 heterocycles. The average molecular weight is 414 g/mol. The number of hydrogen-bond donors (Lipinski definition) is 2. The Bertz CT molecular complexity index is 1030. The highest BCUT2D eigenvalue weighted by molar-refractivity contribution is 8.00. The van der Waals surface area contributed by atoms with Gasteiger partial charge >= 0.3 is 0 Å². The number of thioether (sulfide) groups is 1. The summed E-state index contributed by atoms with van der Waals surface area (Å²) in [4.78, 5) is 16.8. The van der Waals surface area contributed by atoms with E-state index in [9.17, 15) is 4.79 Å². The van der Waals surface area contributed by atoms with Crippen molar-refractivity contribution in [2.24, 2.45) is 0 Å². The summed E-state index contributed by atoms with van der Waals surface area (Å²) in [6, 6.07) is 13.9. The number of nitrogens with one attached hydrogen (secondary N) is 2. The first-order chi connectivity index (χ1) is 13.5. The van der Waals surface area contributed by atoms with Crippen LogP contribution in [0.2, 0.25) is 5.02 Å². The van der Waals surface area contributed by atoms with Crippen LogP contribution in [0.1, 0.15) is 12.5 Å². The first kappa shape index (κ1) is 19.7. The second-order valence-electron chi connectivity index (χ2n) is 5.75. The third-order valence-corrected chi connectivity index (χ3v) is 5.01. The van der Waals surface area contributed by atoms with Crippen LogP contribution >= 0.6 is 23.4 Å². The summed E-state index contributed by atoms with van der Waals surface area (Å²) in [5.41, 5.74) is 1.84. The van der Waals surface area contributed by atoms with Gasteiger partial charge < -0.3 is 10.1 Å². The van der Waals surface area contributed by atoms with Gasteiger partial charge in [0.2, 0.25) is 11.1 Å². The third-order valence-electron chi connectivity index (χ3n) is 3.81. The molecule has 7 nitrogen and oxygen atoms in total. The first-order valence-corrected chi connectivity index (χ1v) is 9.50. The van der Waals surface area contributed by atoms with Gasteiger partial charge in [0, 0.05) is 10.7 Å². The fraction of sp³-hybridized carbons (Fsp3) is 0.158. The van der Waals surface area contributed by atoms with Gasteiger partial charge in [0.05, 0.1) is 29.6 Å². The van der Waals surface area contributed by atoms with E-state index < -0.39 is 5.25 Å². The maximum absolute atomic E-state index is 12.4. The quantitative estimate of drug-likeness (QED) is 0.589. The summed E-state index contributed by atoms with van der Waals surface area (Å²) in [6.07, 6.45) is 0. The summed E-state index contributed by atoms with van der Waals surface area (Å²) in [5, 5.41) is 19.2. The Morgan fingerprint density at radius 3 is 2.75 bits per heavy atom. The molecule has 0 aliphatic heterocycles. The number of H-pyrrole nitrogens is 1. The number of carbonyl (C=O) groups is 1. The normalized spacial score (nSPS) is 11.5. The highest BCUT2D eigenvalue weighted by Gasteiger charge is 2.19. The smallest absolute Gasteiger partial charge is 0.237 e. The Labute approximate surface area is 171 Å². The van der Waals surface area contributed by atoms with E-state index in [1.54, 1.807) is 56.5 Å². The molecule has 0 saturated carbocycles. The Morgan fingerprint density at radius 2 is 2.07 bits per heavy atom. The van der Waals surface area contributed by atoms with Gasteiger partial charge in [-0.1, -0.05) is 23.4 Å². The Morgan fingerprint density at radius 1 is 1.32 bits per heavy atom. The van der Waals surface area contributed by atoms with Gasteiger partial charge in [-0.25, -0.2) is 4.98 Å². The van der Waals surface area contributed by atoms with Crippen LogP contribution < -0.4 is 10.1 Å². The zero-order valence-electron chi connectivity index (χ0n) is 15.1. The Balaban J connectivity index is 1.68. The molecule has 1 atom stereocenters. The van der Waals surface area contributed by atoms with Crippen molar-refractivity contribution in [2.75, 3.05) is 12.4 Å². The molecule has 0 aliphatic carbocycles. The molecule has 0 radical (unpaired) electrons. The lowest BCUT2D eigenvalue weighted by Gasteiger charge is -2.10. The molecular formula is C19H16ClN5O2S. The topological polar surface area (TPSA) is 104 Å². The highest BCUT2D eigenvalue weighted by atomic mass is 35.5. The minimum absolute atomic E-state index is 0.193. The van der Waals surface area contributed by atoms with Gasteiger partial charge in [-0.3, -0.25) is 9.89 Å². The Hall–Kier alpha value is -3.02. The van der Waals surface area contributed by atoms with Crippen molar-refractivity contribution >= 4 is 35.0 Å². The van der Waals surface area contributed by atoms with Crippen LogP contribution in [0.25, 0.3) is 11.4 Å². The van der Waals surface area contributed by atoms with Crippen molar-refractivity contribution in [3.8, 4) is 23.2 Å². The summed E-state index contributed by atoms with van der Waals surface area (Å²) in [6.45, 7) is 1.76. The van der Waals surface area contributed by atoms with E-state index in [2.05, 4.69) is 20.5 Å². The zero-order valence-corrected chi connectivity index (χ0v) is 16.6. The second-order valence-corrected chi connectivity index (χ2v) is 7.49. The van der Waals surface area contributed by atoms with Gasteiger partial charge in [0.1, 0.15) is 5.75 Å². The number of halogens is 1. The average Bonchev–Trinajstić information content (AvgIpc) is 3.16. The van der Waals surface area contributed by atoms with Crippen LogP contribution in [0.3, 0.4) is 0 Å². The van der Waals surface area contributed by atoms with Crippen LogP contribution in [0.4, 0.5) is 5.69 Å². The molecule has 3 rings (SSSR count). The minimum atomic E-state index is -0.430. The van der Waals surface area contributed by atoms with E-state index in [1.807, 2.05) is 6.07 Å². The number of aromatic amines is 1. The SMILES string of the molecule is COc1ccc(Cl)cc1-c1nc(S[C@@H](C)C(=O)Nc2ccc(C#N)cc2)n[nH]1. The molecule has 0 unspecified atom stereocenters. The van der Waals surface area contributed by atoms with E-state index in [0.717, 1.165) is 0 Å². The number of rotatable bonds is 6. The minimum Gasteiger partial charge on any atom is -0.496 e. The standard InChI is InChI=1S/C19H16ClN5O2S/c1-11(18(26)22-14-6-3-12(10-21)4-7-14)28-19-23-17(24-25-19)15-9-13(20)5-8-16(15)27-2/h3-9,11H,1-2H3,(H,22,26)(H,23,24,25)/t11-/m0/s1. The summed E-state index contributed by atoms with van der Waals surface area (Å²) >= 11 is 7.28. The van der Waals surface area contributed by atoms with Crippen molar-refractivity contribution in [1.29, 1.82) is 5.26 Å². The van der Waals surface area contributed by atoms with E-state index in [4.69, 9.17) is 21.6 Å². The molecule has 0 saturated heterocycles. The van der Waals surface area contributed by atoms with Gasteiger partial charge in [0.15, 0.2) is 5.82 Å². The fourth-order valence-electron chi connectivity index (χ4n) is 2.37. The molecule has 0 aliphatic rings. The van der Waals surface area contributed by atoms with Crippen LogP contribution in [-0.2, 0) is 4.79 Å². The van der Waals surface area contributed by atoms with Crippen molar-refractivity contribution in [3.63, 3.8) is 0 Å². The molecule has 0 spiro atoms. The molecule has 1 amide bonds. The van der Waals surface area contributed by atoms with E-state index in [-0.39, 0.29) is 5.91 Å². The van der Waals surface area contributed by atoms with Gasteiger partial charge in [-0.05, 0) is 49.4 Å². The molecule has 2 aromatic carbocycles. The number of aromatic nitrogens is 3. The molecule has 9 heteroatoms. The summed E-state index contributed by atoms with van der Waals surface area (Å²) < 4.78 is 5.33. The number of nitriles is 1. The molecule has 0 bridgehead atoms. The van der Waals surface area contributed by atoms with Crippen LogP contribution in [0, 0.1) is 11.3 Å². The molecule has 28 heavy (non-hydrogen) atoms. The predicted molar refractivity (Wildman–Crippen MR) is 108 cm³/mol. The lowest BCUT2D eigenvalue weighted by molar-refractivity contribution is -0.115. The number of hydrogen-bond acceptors (Lipinski definition) is 6. The molecule has 2 N–H and O–H groups in total. The molecule has 3 aromatic rings. The van der Waals surface area contributed by atoms with Gasteiger partial charge in [-0.15, -0.1) is 5.10 Å². The van der Waals surface area contributed by atoms with Crippen LogP contribution in [-0.4, -0.2) is 33.4 Å². The number of anilines is 1. The molecule has 142 valence electrons. The first-order valence-electron chi connectivity index (χ1n) is 8.24. The predicted octanol–water partition coefficient (Wildman–Crippen LogP) is 4.12. The monoisotopic (exact) mass is 413 g/mol. The summed E-state index contributed by atoms with van der Waals surface area (Å²) in [7, 11) is 1.56. The van der Waals surface area contributed by atoms with E-state index in [0.29, 0.717) is 38.6 Å². The van der Waals surface area contributed by atoms with Crippen molar-refractivity contribution in [3.05, 3.63) is 53.1 Å². The maximum Gasteiger partial charge on any atom is 0.237 e. The molecular weight excluding hydrogens is 398 g/mol. The number of amides is 1. The van der Waals surface area contributed by atoms with Crippen molar-refractivity contribution < 1.29 is 9.53 Å². The number of carbonyl (C=O) groups excluding carboxylic acids is 1. The third kappa shape index (κ3) is 4.63. The van der Waals surface area contributed by atoms with E-state index in [1.165, 1.54) is 11.8 Å². The number of benzene rings is 2. The molecule has 1 aromatic heterocycles. The maximum atomic E-state index is 12.4. The highest BCUT2D eigenvalue weighted by Crippen LogP contribution is 2.31.